The number of nitrogens with zero attached hydrogens (tertiary/aromatic N) is 1. The molecule has 0 spiro atoms. The fourth-order valence-corrected chi connectivity index (χ4v) is 2.24. The van der Waals surface area contributed by atoms with Gasteiger partial charge in [0.1, 0.15) is 5.69 Å². The molecule has 0 radical (unpaired) electrons. The van der Waals surface area contributed by atoms with Crippen LogP contribution in [-0.4, -0.2) is 29.3 Å². The third kappa shape index (κ3) is 4.00. The van der Waals surface area contributed by atoms with E-state index in [0.717, 1.165) is 0 Å². The number of carbonyl (C=O) groups is 1. The summed E-state index contributed by atoms with van der Waals surface area (Å²) in [5, 5.41) is 9.26. The minimum absolute atomic E-state index is 0.101. The van der Waals surface area contributed by atoms with Gasteiger partial charge in [-0.05, 0) is 31.2 Å². The van der Waals surface area contributed by atoms with E-state index in [4.69, 9.17) is 9.15 Å². The molecule has 0 atom stereocenters. The molecule has 7 nitrogen and oxygen atoms in total. The number of ether oxygens (including phenoxy) is 2. The molecule has 1 amide bonds. The fraction of sp³-hybridized carbons (Fsp3) is 0.176. The standard InChI is InChI=1S/C17H15F2N3O4/c1-2-24-15-8-10(5-6-14(15)26-17(18)19)20-16(23)12-9-11(21-22-12)13-4-3-7-25-13/h3-9,17H,2H2,1H3,(H,20,23)(H,21,22). The highest BCUT2D eigenvalue weighted by Gasteiger charge is 2.15. The number of benzene rings is 1. The molecular formula is C17H15F2N3O4. The zero-order valence-electron chi connectivity index (χ0n) is 13.7. The third-order valence-electron chi connectivity index (χ3n) is 3.31. The highest BCUT2D eigenvalue weighted by Crippen LogP contribution is 2.32. The average Bonchev–Trinajstić information content (AvgIpc) is 3.28. The van der Waals surface area contributed by atoms with Gasteiger partial charge in [0, 0.05) is 17.8 Å². The lowest BCUT2D eigenvalue weighted by molar-refractivity contribution is -0.0514. The van der Waals surface area contributed by atoms with Gasteiger partial charge in [-0.15, -0.1) is 0 Å². The molecule has 0 saturated heterocycles. The molecular weight excluding hydrogens is 348 g/mol. The minimum atomic E-state index is -2.97. The van der Waals surface area contributed by atoms with E-state index in [0.29, 0.717) is 17.1 Å². The van der Waals surface area contributed by atoms with Gasteiger partial charge in [0.15, 0.2) is 23.0 Å². The second kappa shape index (κ2) is 7.68. The normalized spacial score (nSPS) is 10.8. The second-order valence-electron chi connectivity index (χ2n) is 5.07. The molecule has 1 aromatic carbocycles. The molecule has 0 bridgehead atoms. The lowest BCUT2D eigenvalue weighted by atomic mass is 10.2. The van der Waals surface area contributed by atoms with Crippen molar-refractivity contribution in [3.63, 3.8) is 0 Å². The SMILES string of the molecule is CCOc1cc(NC(=O)c2cc(-c3ccco3)[nH]n2)ccc1OC(F)F. The molecule has 9 heteroatoms. The quantitative estimate of drug-likeness (QED) is 0.664. The topological polar surface area (TPSA) is 89.4 Å². The van der Waals surface area contributed by atoms with Crippen LogP contribution in [0.25, 0.3) is 11.5 Å². The molecule has 3 rings (SSSR count). The molecule has 2 heterocycles. The Morgan fingerprint density at radius 1 is 1.31 bits per heavy atom. The molecule has 136 valence electrons. The number of rotatable bonds is 7. The van der Waals surface area contributed by atoms with Crippen molar-refractivity contribution in [3.8, 4) is 23.0 Å². The molecule has 26 heavy (non-hydrogen) atoms. The number of hydrogen-bond acceptors (Lipinski definition) is 5. The molecule has 0 aliphatic heterocycles. The van der Waals surface area contributed by atoms with E-state index < -0.39 is 12.5 Å². The molecule has 0 unspecified atom stereocenters. The van der Waals surface area contributed by atoms with Gasteiger partial charge >= 0.3 is 6.61 Å². The summed E-state index contributed by atoms with van der Waals surface area (Å²) in [6.45, 7) is -1.01. The lowest BCUT2D eigenvalue weighted by Crippen LogP contribution is -2.13. The van der Waals surface area contributed by atoms with Crippen molar-refractivity contribution in [1.29, 1.82) is 0 Å². The molecule has 0 aliphatic carbocycles. The highest BCUT2D eigenvalue weighted by atomic mass is 19.3. The molecule has 0 saturated carbocycles. The van der Waals surface area contributed by atoms with Gasteiger partial charge < -0.3 is 19.2 Å². The van der Waals surface area contributed by atoms with Gasteiger partial charge in [-0.25, -0.2) is 0 Å². The van der Waals surface area contributed by atoms with Crippen molar-refractivity contribution in [2.75, 3.05) is 11.9 Å². The molecule has 0 fully saturated rings. The second-order valence-corrected chi connectivity index (χ2v) is 5.07. The number of nitrogens with one attached hydrogen (secondary N) is 2. The maximum atomic E-state index is 12.4. The summed E-state index contributed by atoms with van der Waals surface area (Å²) >= 11 is 0. The molecule has 2 N–H and O–H groups in total. The molecule has 0 aliphatic rings. The van der Waals surface area contributed by atoms with E-state index in [2.05, 4.69) is 20.3 Å². The van der Waals surface area contributed by atoms with E-state index in [9.17, 15) is 13.6 Å². The summed E-state index contributed by atoms with van der Waals surface area (Å²) in [5.74, 6) is 0.0522. The van der Waals surface area contributed by atoms with Gasteiger partial charge in [-0.3, -0.25) is 9.89 Å². The Morgan fingerprint density at radius 3 is 2.85 bits per heavy atom. The summed E-state index contributed by atoms with van der Waals surface area (Å²) in [6, 6.07) is 9.11. The number of halogens is 2. The monoisotopic (exact) mass is 363 g/mol. The van der Waals surface area contributed by atoms with Gasteiger partial charge in [-0.2, -0.15) is 13.9 Å². The Kier molecular flexibility index (Phi) is 5.16. The first kappa shape index (κ1) is 17.5. The summed E-state index contributed by atoms with van der Waals surface area (Å²) in [6.07, 6.45) is 1.51. The van der Waals surface area contributed by atoms with E-state index in [1.165, 1.54) is 30.5 Å². The first-order valence-corrected chi connectivity index (χ1v) is 7.69. The maximum Gasteiger partial charge on any atom is 0.387 e. The number of furan rings is 1. The number of H-pyrrole nitrogens is 1. The number of anilines is 1. The van der Waals surface area contributed by atoms with Crippen LogP contribution in [0.15, 0.2) is 47.1 Å². The average molecular weight is 363 g/mol. The minimum Gasteiger partial charge on any atom is -0.490 e. The summed E-state index contributed by atoms with van der Waals surface area (Å²) in [5.41, 5.74) is 1.04. The van der Waals surface area contributed by atoms with Crippen molar-refractivity contribution in [2.45, 2.75) is 13.5 Å². The predicted molar refractivity (Wildman–Crippen MR) is 88.5 cm³/mol. The maximum absolute atomic E-state index is 12.4. The van der Waals surface area contributed by atoms with Crippen LogP contribution in [0.5, 0.6) is 11.5 Å². The van der Waals surface area contributed by atoms with Crippen molar-refractivity contribution in [1.82, 2.24) is 10.2 Å². The van der Waals surface area contributed by atoms with Crippen LogP contribution in [-0.2, 0) is 0 Å². The van der Waals surface area contributed by atoms with Crippen molar-refractivity contribution in [2.24, 2.45) is 0 Å². The summed E-state index contributed by atoms with van der Waals surface area (Å²) in [4.78, 5) is 12.3. The number of carbonyl (C=O) groups excluding carboxylic acids is 1. The van der Waals surface area contributed by atoms with E-state index in [1.807, 2.05) is 0 Å². The smallest absolute Gasteiger partial charge is 0.387 e. The highest BCUT2D eigenvalue weighted by molar-refractivity contribution is 6.03. The van der Waals surface area contributed by atoms with Crippen LogP contribution in [0.4, 0.5) is 14.5 Å². The lowest BCUT2D eigenvalue weighted by Gasteiger charge is -2.13. The van der Waals surface area contributed by atoms with Gasteiger partial charge in [-0.1, -0.05) is 0 Å². The number of aromatic amines is 1. The van der Waals surface area contributed by atoms with E-state index >= 15 is 0 Å². The van der Waals surface area contributed by atoms with Crippen LogP contribution >= 0.6 is 0 Å². The fourth-order valence-electron chi connectivity index (χ4n) is 2.24. The number of hydrogen-bond donors (Lipinski definition) is 2. The first-order chi connectivity index (χ1) is 12.6. The van der Waals surface area contributed by atoms with Crippen LogP contribution in [0.1, 0.15) is 17.4 Å². The number of amides is 1. The first-order valence-electron chi connectivity index (χ1n) is 7.69. The Morgan fingerprint density at radius 2 is 2.15 bits per heavy atom. The Labute approximate surface area is 146 Å². The van der Waals surface area contributed by atoms with Crippen LogP contribution in [0.3, 0.4) is 0 Å². The molecule has 2 aromatic heterocycles. The van der Waals surface area contributed by atoms with Crippen molar-refractivity contribution >= 4 is 11.6 Å². The predicted octanol–water partition coefficient (Wildman–Crippen LogP) is 3.92. The third-order valence-corrected chi connectivity index (χ3v) is 3.31. The van der Waals surface area contributed by atoms with Crippen molar-refractivity contribution in [3.05, 3.63) is 48.4 Å². The number of aromatic nitrogens is 2. The summed E-state index contributed by atoms with van der Waals surface area (Å²) < 4.78 is 39.7. The van der Waals surface area contributed by atoms with E-state index in [1.54, 1.807) is 19.1 Å². The van der Waals surface area contributed by atoms with E-state index in [-0.39, 0.29) is 23.8 Å². The number of alkyl halides is 2. The van der Waals surface area contributed by atoms with Gasteiger partial charge in [0.05, 0.1) is 12.9 Å². The molecule has 3 aromatic rings. The zero-order chi connectivity index (χ0) is 18.5. The van der Waals surface area contributed by atoms with Crippen LogP contribution < -0.4 is 14.8 Å². The Balaban J connectivity index is 1.75. The van der Waals surface area contributed by atoms with Crippen LogP contribution in [0.2, 0.25) is 0 Å². The van der Waals surface area contributed by atoms with Crippen molar-refractivity contribution < 1.29 is 27.5 Å². The Bertz CT molecular complexity index is 878. The largest absolute Gasteiger partial charge is 0.490 e. The Hall–Kier alpha value is -3.36. The van der Waals surface area contributed by atoms with Gasteiger partial charge in [0.2, 0.25) is 0 Å². The zero-order valence-corrected chi connectivity index (χ0v) is 13.7. The van der Waals surface area contributed by atoms with Gasteiger partial charge in [0.25, 0.3) is 5.91 Å². The van der Waals surface area contributed by atoms with Crippen LogP contribution in [0, 0.1) is 0 Å². The summed E-state index contributed by atoms with van der Waals surface area (Å²) in [7, 11) is 0.